The SMILES string of the molecule is Cc1ccc(C2CC3(COC3)C2c2ccc3ccccc3c2)cc1. The number of ether oxygens (including phenoxy) is 1. The predicted octanol–water partition coefficient (Wildman–Crippen LogP) is 5.44. The predicted molar refractivity (Wildman–Crippen MR) is 98.5 cm³/mol. The molecule has 1 spiro atoms. The summed E-state index contributed by atoms with van der Waals surface area (Å²) in [7, 11) is 0. The lowest BCUT2D eigenvalue weighted by Gasteiger charge is -2.60. The highest BCUT2D eigenvalue weighted by Gasteiger charge is 2.58. The molecule has 1 saturated carbocycles. The van der Waals surface area contributed by atoms with E-state index in [9.17, 15) is 0 Å². The molecular weight excluding hydrogens is 292 g/mol. The lowest BCUT2D eigenvalue weighted by Crippen LogP contribution is -2.57. The van der Waals surface area contributed by atoms with Gasteiger partial charge in [0, 0.05) is 11.3 Å². The highest BCUT2D eigenvalue weighted by molar-refractivity contribution is 5.83. The second-order valence-electron chi connectivity index (χ2n) is 7.66. The first-order chi connectivity index (χ1) is 11.8. The number of hydrogen-bond donors (Lipinski definition) is 0. The normalized spacial score (nSPS) is 24.5. The van der Waals surface area contributed by atoms with Gasteiger partial charge in [0.15, 0.2) is 0 Å². The van der Waals surface area contributed by atoms with Gasteiger partial charge in [-0.1, -0.05) is 72.3 Å². The average molecular weight is 314 g/mol. The molecule has 24 heavy (non-hydrogen) atoms. The molecule has 0 bridgehead atoms. The van der Waals surface area contributed by atoms with Crippen LogP contribution < -0.4 is 0 Å². The Labute approximate surface area is 143 Å². The fraction of sp³-hybridized carbons (Fsp3) is 0.304. The minimum absolute atomic E-state index is 0.373. The van der Waals surface area contributed by atoms with Crippen molar-refractivity contribution in [2.75, 3.05) is 13.2 Å². The summed E-state index contributed by atoms with van der Waals surface area (Å²) >= 11 is 0. The molecule has 2 fully saturated rings. The van der Waals surface area contributed by atoms with Gasteiger partial charge in [0.1, 0.15) is 0 Å². The van der Waals surface area contributed by atoms with E-state index in [-0.39, 0.29) is 0 Å². The zero-order chi connectivity index (χ0) is 16.1. The third-order valence-electron chi connectivity index (χ3n) is 6.11. The summed E-state index contributed by atoms with van der Waals surface area (Å²) in [6.45, 7) is 4.01. The monoisotopic (exact) mass is 314 g/mol. The maximum absolute atomic E-state index is 5.62. The van der Waals surface area contributed by atoms with Crippen molar-refractivity contribution in [3.05, 3.63) is 83.4 Å². The zero-order valence-corrected chi connectivity index (χ0v) is 14.0. The van der Waals surface area contributed by atoms with E-state index < -0.39 is 0 Å². The molecule has 1 aliphatic heterocycles. The molecule has 5 rings (SSSR count). The van der Waals surface area contributed by atoms with Crippen LogP contribution in [0.25, 0.3) is 10.8 Å². The fourth-order valence-electron chi connectivity index (χ4n) is 4.72. The van der Waals surface area contributed by atoms with Crippen LogP contribution in [0.3, 0.4) is 0 Å². The molecule has 0 aromatic heterocycles. The average Bonchev–Trinajstić information content (AvgIpc) is 2.54. The Kier molecular flexibility index (Phi) is 3.08. The van der Waals surface area contributed by atoms with Crippen LogP contribution in [0, 0.1) is 12.3 Å². The Morgan fingerprint density at radius 1 is 0.833 bits per heavy atom. The third kappa shape index (κ3) is 2.04. The molecule has 3 aromatic rings. The van der Waals surface area contributed by atoms with Crippen LogP contribution in [0.5, 0.6) is 0 Å². The van der Waals surface area contributed by atoms with E-state index in [4.69, 9.17) is 4.74 Å². The summed E-state index contributed by atoms with van der Waals surface area (Å²) in [6.07, 6.45) is 1.26. The first-order valence-electron chi connectivity index (χ1n) is 8.88. The van der Waals surface area contributed by atoms with Crippen LogP contribution in [-0.2, 0) is 4.74 Å². The van der Waals surface area contributed by atoms with E-state index >= 15 is 0 Å². The van der Waals surface area contributed by atoms with Gasteiger partial charge in [0.25, 0.3) is 0 Å². The first kappa shape index (κ1) is 14.2. The molecule has 2 atom stereocenters. The number of benzene rings is 3. The molecule has 120 valence electrons. The number of rotatable bonds is 2. The molecule has 0 radical (unpaired) electrons. The minimum atomic E-state index is 0.373. The molecule has 1 saturated heterocycles. The van der Waals surface area contributed by atoms with E-state index in [2.05, 4.69) is 73.7 Å². The highest BCUT2D eigenvalue weighted by Crippen LogP contribution is 2.64. The van der Waals surface area contributed by atoms with E-state index in [1.165, 1.54) is 33.9 Å². The van der Waals surface area contributed by atoms with Crippen molar-refractivity contribution in [1.29, 1.82) is 0 Å². The number of hydrogen-bond acceptors (Lipinski definition) is 1. The maximum atomic E-state index is 5.62. The molecule has 1 nitrogen and oxygen atoms in total. The van der Waals surface area contributed by atoms with Crippen molar-refractivity contribution >= 4 is 10.8 Å². The third-order valence-corrected chi connectivity index (χ3v) is 6.11. The summed E-state index contributed by atoms with van der Waals surface area (Å²) in [5, 5.41) is 2.67. The summed E-state index contributed by atoms with van der Waals surface area (Å²) < 4.78 is 5.62. The molecule has 3 aromatic carbocycles. The van der Waals surface area contributed by atoms with Gasteiger partial charge in [-0.05, 0) is 41.2 Å². The van der Waals surface area contributed by atoms with Gasteiger partial charge in [-0.25, -0.2) is 0 Å². The van der Waals surface area contributed by atoms with Crippen molar-refractivity contribution < 1.29 is 4.74 Å². The van der Waals surface area contributed by atoms with Crippen molar-refractivity contribution in [1.82, 2.24) is 0 Å². The lowest BCUT2D eigenvalue weighted by molar-refractivity contribution is -0.181. The van der Waals surface area contributed by atoms with Gasteiger partial charge in [-0.3, -0.25) is 0 Å². The first-order valence-corrected chi connectivity index (χ1v) is 8.88. The quantitative estimate of drug-likeness (QED) is 0.612. The largest absolute Gasteiger partial charge is 0.380 e. The Hall–Kier alpha value is -2.12. The Balaban J connectivity index is 1.57. The second kappa shape index (κ2) is 5.19. The van der Waals surface area contributed by atoms with Crippen LogP contribution in [0.15, 0.2) is 66.7 Å². The van der Waals surface area contributed by atoms with Gasteiger partial charge in [-0.2, -0.15) is 0 Å². The topological polar surface area (TPSA) is 9.23 Å². The van der Waals surface area contributed by atoms with E-state index in [0.29, 0.717) is 17.3 Å². The Morgan fingerprint density at radius 3 is 2.25 bits per heavy atom. The van der Waals surface area contributed by atoms with Crippen molar-refractivity contribution in [2.24, 2.45) is 5.41 Å². The lowest BCUT2D eigenvalue weighted by atomic mass is 9.49. The van der Waals surface area contributed by atoms with Gasteiger partial charge in [0.2, 0.25) is 0 Å². The fourth-order valence-corrected chi connectivity index (χ4v) is 4.72. The molecule has 0 amide bonds. The summed E-state index contributed by atoms with van der Waals surface area (Å²) in [4.78, 5) is 0. The van der Waals surface area contributed by atoms with E-state index in [1.807, 2.05) is 0 Å². The molecule has 2 aliphatic rings. The highest BCUT2D eigenvalue weighted by atomic mass is 16.5. The van der Waals surface area contributed by atoms with Crippen LogP contribution in [0.4, 0.5) is 0 Å². The van der Waals surface area contributed by atoms with Crippen molar-refractivity contribution in [2.45, 2.75) is 25.2 Å². The molecule has 1 heterocycles. The molecular formula is C23H22O. The van der Waals surface area contributed by atoms with Gasteiger partial charge >= 0.3 is 0 Å². The molecule has 1 aliphatic carbocycles. The summed E-state index contributed by atoms with van der Waals surface area (Å²) in [5.74, 6) is 1.20. The molecule has 1 heteroatoms. The standard InChI is InChI=1S/C23H22O/c1-16-6-8-18(9-7-16)21-13-23(14-24-15-23)22(21)20-11-10-17-4-2-3-5-19(17)12-20/h2-12,21-22H,13-15H2,1H3. The van der Waals surface area contributed by atoms with Gasteiger partial charge in [-0.15, -0.1) is 0 Å². The van der Waals surface area contributed by atoms with E-state index in [0.717, 1.165) is 13.2 Å². The number of fused-ring (bicyclic) bond motifs is 1. The zero-order valence-electron chi connectivity index (χ0n) is 14.0. The smallest absolute Gasteiger partial charge is 0.0551 e. The molecule has 0 N–H and O–H groups in total. The maximum Gasteiger partial charge on any atom is 0.0551 e. The Bertz CT molecular complexity index is 889. The van der Waals surface area contributed by atoms with Crippen LogP contribution in [0.2, 0.25) is 0 Å². The molecule has 2 unspecified atom stereocenters. The van der Waals surface area contributed by atoms with Crippen LogP contribution in [-0.4, -0.2) is 13.2 Å². The van der Waals surface area contributed by atoms with Crippen molar-refractivity contribution in [3.63, 3.8) is 0 Å². The van der Waals surface area contributed by atoms with E-state index in [1.54, 1.807) is 0 Å². The summed E-state index contributed by atoms with van der Waals surface area (Å²) in [6, 6.07) is 24.8. The van der Waals surface area contributed by atoms with Crippen molar-refractivity contribution in [3.8, 4) is 0 Å². The van der Waals surface area contributed by atoms with Crippen LogP contribution in [0.1, 0.15) is 34.9 Å². The van der Waals surface area contributed by atoms with Gasteiger partial charge in [0.05, 0.1) is 13.2 Å². The van der Waals surface area contributed by atoms with Gasteiger partial charge < -0.3 is 4.74 Å². The number of aryl methyl sites for hydroxylation is 1. The minimum Gasteiger partial charge on any atom is -0.380 e. The summed E-state index contributed by atoms with van der Waals surface area (Å²) in [5.41, 5.74) is 4.67. The van der Waals surface area contributed by atoms with Crippen LogP contribution >= 0.6 is 0 Å². The Morgan fingerprint density at radius 2 is 1.54 bits per heavy atom. The second-order valence-corrected chi connectivity index (χ2v) is 7.66.